The largest absolute Gasteiger partial charge is 0.493 e. The lowest BCUT2D eigenvalue weighted by atomic mass is 10.1. The number of methoxy groups -OCH3 is 2. The maximum atomic E-state index is 13.6. The van der Waals surface area contributed by atoms with Gasteiger partial charge in [0.05, 0.1) is 30.8 Å². The Kier molecular flexibility index (Phi) is 5.80. The van der Waals surface area contributed by atoms with Gasteiger partial charge in [-0.1, -0.05) is 11.6 Å². The molecule has 0 radical (unpaired) electrons. The molecule has 0 aromatic heterocycles. The van der Waals surface area contributed by atoms with Crippen LogP contribution in [0.3, 0.4) is 0 Å². The maximum absolute atomic E-state index is 13.6. The molecule has 25 heavy (non-hydrogen) atoms. The summed E-state index contributed by atoms with van der Waals surface area (Å²) in [7, 11) is -0.543. The first-order valence-electron chi connectivity index (χ1n) is 7.35. The molecule has 1 N–H and O–H groups in total. The molecule has 0 unspecified atom stereocenters. The second-order valence-corrected chi connectivity index (χ2v) is 7.93. The number of sulfone groups is 1. The zero-order valence-corrected chi connectivity index (χ0v) is 15.8. The smallest absolute Gasteiger partial charge is 0.177 e. The molecule has 0 aliphatic heterocycles. The van der Waals surface area contributed by atoms with Gasteiger partial charge in [0.2, 0.25) is 0 Å². The van der Waals surface area contributed by atoms with Crippen LogP contribution in [0.5, 0.6) is 11.5 Å². The van der Waals surface area contributed by atoms with Crippen LogP contribution in [0.2, 0.25) is 5.02 Å². The number of nitrogens with one attached hydrogen (secondary N) is 1. The van der Waals surface area contributed by atoms with Crippen LogP contribution in [-0.4, -0.2) is 28.9 Å². The summed E-state index contributed by atoms with van der Waals surface area (Å²) in [6.07, 6.45) is 1.07. The van der Waals surface area contributed by atoms with Crippen LogP contribution >= 0.6 is 11.6 Å². The van der Waals surface area contributed by atoms with Crippen LogP contribution in [0.15, 0.2) is 35.2 Å². The number of hydrogen-bond donors (Lipinski definition) is 1. The lowest BCUT2D eigenvalue weighted by molar-refractivity contribution is 0.350. The van der Waals surface area contributed by atoms with Crippen molar-refractivity contribution in [1.29, 1.82) is 0 Å². The van der Waals surface area contributed by atoms with Gasteiger partial charge in [-0.25, -0.2) is 12.8 Å². The molecule has 2 aromatic carbocycles. The molecule has 2 aromatic rings. The predicted octanol–water partition coefficient (Wildman–Crippen LogP) is 4.07. The molecule has 0 fully saturated rings. The van der Waals surface area contributed by atoms with E-state index in [9.17, 15) is 12.8 Å². The van der Waals surface area contributed by atoms with Gasteiger partial charge < -0.3 is 14.8 Å². The third-order valence-corrected chi connectivity index (χ3v) is 5.03. The number of ether oxygens (including phenoxy) is 2. The molecule has 136 valence electrons. The third kappa shape index (κ3) is 4.35. The standard InChI is InChI=1S/C17H19ClFNO4S/c1-10(13-7-11(18)8-15(23-2)17(13)24-3)20-14-9-12(19)5-6-16(14)25(4,21)22/h5-10,20H,1-4H3/t10-/m0/s1. The topological polar surface area (TPSA) is 64.6 Å². The Balaban J connectivity index is 2.50. The zero-order chi connectivity index (χ0) is 18.8. The third-order valence-electron chi connectivity index (χ3n) is 3.65. The van der Waals surface area contributed by atoms with Gasteiger partial charge in [-0.05, 0) is 31.2 Å². The Bertz CT molecular complexity index is 886. The zero-order valence-electron chi connectivity index (χ0n) is 14.3. The molecular weight excluding hydrogens is 369 g/mol. The van der Waals surface area contributed by atoms with Crippen molar-refractivity contribution in [2.24, 2.45) is 0 Å². The predicted molar refractivity (Wildman–Crippen MR) is 96.1 cm³/mol. The number of rotatable bonds is 6. The first-order valence-corrected chi connectivity index (χ1v) is 9.62. The summed E-state index contributed by atoms with van der Waals surface area (Å²) in [4.78, 5) is 0.00806. The normalized spacial score (nSPS) is 12.6. The van der Waals surface area contributed by atoms with Gasteiger partial charge in [0.25, 0.3) is 0 Å². The monoisotopic (exact) mass is 387 g/mol. The lowest BCUT2D eigenvalue weighted by Gasteiger charge is -2.21. The van der Waals surface area contributed by atoms with Gasteiger partial charge >= 0.3 is 0 Å². The Morgan fingerprint density at radius 3 is 2.40 bits per heavy atom. The molecular formula is C17H19ClFNO4S. The van der Waals surface area contributed by atoms with E-state index in [4.69, 9.17) is 21.1 Å². The van der Waals surface area contributed by atoms with E-state index in [0.717, 1.165) is 18.4 Å². The van der Waals surface area contributed by atoms with Crippen molar-refractivity contribution >= 4 is 27.1 Å². The average molecular weight is 388 g/mol. The highest BCUT2D eigenvalue weighted by Crippen LogP contribution is 2.39. The molecule has 0 saturated carbocycles. The molecule has 1 atom stereocenters. The maximum Gasteiger partial charge on any atom is 0.177 e. The van der Waals surface area contributed by atoms with E-state index in [1.54, 1.807) is 19.1 Å². The van der Waals surface area contributed by atoms with E-state index in [1.807, 2.05) is 0 Å². The molecule has 0 saturated heterocycles. The fourth-order valence-corrected chi connectivity index (χ4v) is 3.58. The Morgan fingerprint density at radius 2 is 1.84 bits per heavy atom. The second kappa shape index (κ2) is 7.49. The van der Waals surface area contributed by atoms with Crippen LogP contribution < -0.4 is 14.8 Å². The highest BCUT2D eigenvalue weighted by Gasteiger charge is 2.20. The lowest BCUT2D eigenvalue weighted by Crippen LogP contribution is -2.12. The SMILES string of the molecule is COc1cc(Cl)cc([C@H](C)Nc2cc(F)ccc2S(C)(=O)=O)c1OC. The molecule has 5 nitrogen and oxygen atoms in total. The number of anilines is 1. The van der Waals surface area contributed by atoms with Crippen molar-refractivity contribution in [3.05, 3.63) is 46.7 Å². The summed E-state index contributed by atoms with van der Waals surface area (Å²) in [5.41, 5.74) is 0.812. The summed E-state index contributed by atoms with van der Waals surface area (Å²) in [6, 6.07) is 6.34. The van der Waals surface area contributed by atoms with E-state index < -0.39 is 21.7 Å². The molecule has 2 rings (SSSR count). The van der Waals surface area contributed by atoms with Gasteiger partial charge in [0.15, 0.2) is 21.3 Å². The van der Waals surface area contributed by atoms with Gasteiger partial charge in [-0.15, -0.1) is 0 Å². The van der Waals surface area contributed by atoms with E-state index in [1.165, 1.54) is 20.3 Å². The summed E-state index contributed by atoms with van der Waals surface area (Å²) in [5, 5.41) is 3.45. The van der Waals surface area contributed by atoms with Gasteiger partial charge in [-0.2, -0.15) is 0 Å². The molecule has 8 heteroatoms. The molecule has 0 aliphatic carbocycles. The van der Waals surface area contributed by atoms with Gasteiger partial charge in [0, 0.05) is 22.9 Å². The van der Waals surface area contributed by atoms with E-state index in [-0.39, 0.29) is 10.6 Å². The first-order chi connectivity index (χ1) is 11.7. The Labute approximate surface area is 151 Å². The molecule has 0 amide bonds. The highest BCUT2D eigenvalue weighted by atomic mass is 35.5. The molecule has 0 spiro atoms. The van der Waals surface area contributed by atoms with Crippen LogP contribution in [-0.2, 0) is 9.84 Å². The minimum atomic E-state index is -3.53. The van der Waals surface area contributed by atoms with Crippen molar-refractivity contribution < 1.29 is 22.3 Å². The van der Waals surface area contributed by atoms with Gasteiger partial charge in [0.1, 0.15) is 5.82 Å². The quantitative estimate of drug-likeness (QED) is 0.757. The fraction of sp³-hybridized carbons (Fsp3) is 0.294. The van der Waals surface area contributed by atoms with E-state index >= 15 is 0 Å². The second-order valence-electron chi connectivity index (χ2n) is 5.51. The first kappa shape index (κ1) is 19.3. The van der Waals surface area contributed by atoms with Crippen molar-refractivity contribution in [3.8, 4) is 11.5 Å². The van der Waals surface area contributed by atoms with Crippen LogP contribution in [0, 0.1) is 5.82 Å². The van der Waals surface area contributed by atoms with Crippen molar-refractivity contribution in [1.82, 2.24) is 0 Å². The van der Waals surface area contributed by atoms with Crippen molar-refractivity contribution in [2.45, 2.75) is 17.9 Å². The highest BCUT2D eigenvalue weighted by molar-refractivity contribution is 7.90. The van der Waals surface area contributed by atoms with Crippen molar-refractivity contribution in [2.75, 3.05) is 25.8 Å². The van der Waals surface area contributed by atoms with Crippen LogP contribution in [0.4, 0.5) is 10.1 Å². The molecule has 0 bridgehead atoms. The molecule has 0 aliphatic rings. The number of benzene rings is 2. The summed E-state index contributed by atoms with van der Waals surface area (Å²) < 4.78 is 48.1. The Hall–Kier alpha value is -1.99. The number of halogens is 2. The van der Waals surface area contributed by atoms with E-state index in [2.05, 4.69) is 5.32 Å². The van der Waals surface area contributed by atoms with Crippen LogP contribution in [0.1, 0.15) is 18.5 Å². The van der Waals surface area contributed by atoms with Crippen LogP contribution in [0.25, 0.3) is 0 Å². The summed E-state index contributed by atoms with van der Waals surface area (Å²) in [5.74, 6) is 0.364. The Morgan fingerprint density at radius 1 is 1.16 bits per heavy atom. The minimum Gasteiger partial charge on any atom is -0.493 e. The summed E-state index contributed by atoms with van der Waals surface area (Å²) in [6.45, 7) is 1.78. The minimum absolute atomic E-state index is 0.00806. The number of hydrogen-bond acceptors (Lipinski definition) is 5. The van der Waals surface area contributed by atoms with Crippen molar-refractivity contribution in [3.63, 3.8) is 0 Å². The van der Waals surface area contributed by atoms with E-state index in [0.29, 0.717) is 22.1 Å². The van der Waals surface area contributed by atoms with Gasteiger partial charge in [-0.3, -0.25) is 0 Å². The molecule has 0 heterocycles. The average Bonchev–Trinajstić information content (AvgIpc) is 2.52. The fourth-order valence-electron chi connectivity index (χ4n) is 2.53. The summed E-state index contributed by atoms with van der Waals surface area (Å²) >= 11 is 6.11.